The Kier molecular flexibility index (Phi) is 6.85. The normalized spacial score (nSPS) is 10.6. The van der Waals surface area contributed by atoms with Gasteiger partial charge in [-0.2, -0.15) is 0 Å². The van der Waals surface area contributed by atoms with E-state index in [0.29, 0.717) is 29.6 Å². The molecule has 1 heterocycles. The van der Waals surface area contributed by atoms with Crippen molar-refractivity contribution in [2.45, 2.75) is 26.2 Å². The zero-order chi connectivity index (χ0) is 19.1. The Bertz CT molecular complexity index is 876. The van der Waals surface area contributed by atoms with Gasteiger partial charge in [0.05, 0.1) is 12.3 Å². The number of benzene rings is 2. The van der Waals surface area contributed by atoms with Gasteiger partial charge in [0.1, 0.15) is 5.75 Å². The van der Waals surface area contributed by atoms with Crippen molar-refractivity contribution in [3.63, 3.8) is 0 Å². The molecule has 0 bridgehead atoms. The molecule has 1 aromatic heterocycles. The van der Waals surface area contributed by atoms with Crippen LogP contribution in [0.5, 0.6) is 5.75 Å². The fourth-order valence-electron chi connectivity index (χ4n) is 2.51. The SMILES string of the molecule is CCc1ccc(-c2csc(NC(=O)CCCOc3ccc(Cl)cc3)n2)cc1. The summed E-state index contributed by atoms with van der Waals surface area (Å²) in [4.78, 5) is 16.6. The first-order valence-electron chi connectivity index (χ1n) is 8.87. The van der Waals surface area contributed by atoms with Crippen molar-refractivity contribution in [3.05, 3.63) is 64.5 Å². The minimum absolute atomic E-state index is 0.0584. The summed E-state index contributed by atoms with van der Waals surface area (Å²) in [6.45, 7) is 2.61. The number of hydrogen-bond donors (Lipinski definition) is 1. The van der Waals surface area contributed by atoms with Gasteiger partial charge in [0.15, 0.2) is 5.13 Å². The second-order valence-corrected chi connectivity index (χ2v) is 7.34. The number of thiazole rings is 1. The lowest BCUT2D eigenvalue weighted by molar-refractivity contribution is -0.116. The topological polar surface area (TPSA) is 51.2 Å². The molecule has 2 aromatic carbocycles. The molecular weight excluding hydrogens is 380 g/mol. The number of ether oxygens (including phenoxy) is 1. The van der Waals surface area contributed by atoms with Crippen molar-refractivity contribution in [2.24, 2.45) is 0 Å². The van der Waals surface area contributed by atoms with E-state index in [2.05, 4.69) is 41.5 Å². The molecule has 6 heteroatoms. The Morgan fingerprint density at radius 2 is 1.89 bits per heavy atom. The van der Waals surface area contributed by atoms with Crippen LogP contribution < -0.4 is 10.1 Å². The molecule has 0 radical (unpaired) electrons. The second-order valence-electron chi connectivity index (χ2n) is 6.04. The Morgan fingerprint density at radius 3 is 2.59 bits per heavy atom. The molecule has 3 aromatic rings. The van der Waals surface area contributed by atoms with Gasteiger partial charge in [-0.3, -0.25) is 4.79 Å². The number of halogens is 1. The largest absolute Gasteiger partial charge is 0.494 e. The van der Waals surface area contributed by atoms with Crippen molar-refractivity contribution in [1.29, 1.82) is 0 Å². The van der Waals surface area contributed by atoms with Crippen molar-refractivity contribution in [2.75, 3.05) is 11.9 Å². The highest BCUT2D eigenvalue weighted by atomic mass is 35.5. The number of nitrogens with one attached hydrogen (secondary N) is 1. The molecule has 0 saturated heterocycles. The van der Waals surface area contributed by atoms with Crippen LogP contribution in [0.15, 0.2) is 53.9 Å². The van der Waals surface area contributed by atoms with Crippen LogP contribution in [0, 0.1) is 0 Å². The van der Waals surface area contributed by atoms with E-state index in [9.17, 15) is 4.79 Å². The zero-order valence-electron chi connectivity index (χ0n) is 15.1. The van der Waals surface area contributed by atoms with Crippen molar-refractivity contribution in [1.82, 2.24) is 4.98 Å². The van der Waals surface area contributed by atoms with Crippen LogP contribution in [0.2, 0.25) is 5.02 Å². The van der Waals surface area contributed by atoms with Crippen LogP contribution in [-0.2, 0) is 11.2 Å². The first-order valence-corrected chi connectivity index (χ1v) is 10.1. The summed E-state index contributed by atoms with van der Waals surface area (Å²) in [6, 6.07) is 15.5. The second kappa shape index (κ2) is 9.53. The van der Waals surface area contributed by atoms with Gasteiger partial charge in [0, 0.05) is 22.4 Å². The molecule has 0 atom stereocenters. The number of hydrogen-bond acceptors (Lipinski definition) is 4. The molecule has 0 spiro atoms. The van der Waals surface area contributed by atoms with Gasteiger partial charge in [0.25, 0.3) is 0 Å². The monoisotopic (exact) mass is 400 g/mol. The lowest BCUT2D eigenvalue weighted by atomic mass is 10.1. The summed E-state index contributed by atoms with van der Waals surface area (Å²) in [5.74, 6) is 0.690. The molecular formula is C21H21ClN2O2S. The first kappa shape index (κ1) is 19.4. The summed E-state index contributed by atoms with van der Waals surface area (Å²) in [5, 5.41) is 6.11. The van der Waals surface area contributed by atoms with Gasteiger partial charge in [-0.1, -0.05) is 42.8 Å². The van der Waals surface area contributed by atoms with E-state index in [1.54, 1.807) is 12.1 Å². The maximum Gasteiger partial charge on any atom is 0.226 e. The molecule has 0 aliphatic heterocycles. The van der Waals surface area contributed by atoms with E-state index in [1.807, 2.05) is 17.5 Å². The van der Waals surface area contributed by atoms with Gasteiger partial charge in [0.2, 0.25) is 5.91 Å². The van der Waals surface area contributed by atoms with E-state index in [1.165, 1.54) is 16.9 Å². The number of rotatable bonds is 8. The number of carbonyl (C=O) groups excluding carboxylic acids is 1. The highest BCUT2D eigenvalue weighted by Gasteiger charge is 2.08. The molecule has 27 heavy (non-hydrogen) atoms. The summed E-state index contributed by atoms with van der Waals surface area (Å²) >= 11 is 7.27. The van der Waals surface area contributed by atoms with Gasteiger partial charge in [-0.15, -0.1) is 11.3 Å². The maximum atomic E-state index is 12.1. The predicted molar refractivity (Wildman–Crippen MR) is 112 cm³/mol. The number of aromatic nitrogens is 1. The number of aryl methyl sites for hydroxylation is 1. The van der Waals surface area contributed by atoms with Crippen LogP contribution in [0.1, 0.15) is 25.3 Å². The van der Waals surface area contributed by atoms with Gasteiger partial charge in [-0.25, -0.2) is 4.98 Å². The number of anilines is 1. The Morgan fingerprint density at radius 1 is 1.15 bits per heavy atom. The molecule has 0 aliphatic rings. The summed E-state index contributed by atoms with van der Waals surface area (Å²) < 4.78 is 5.59. The third-order valence-corrected chi connectivity index (χ3v) is 5.05. The third-order valence-electron chi connectivity index (χ3n) is 4.04. The van der Waals surface area contributed by atoms with Crippen molar-refractivity contribution in [3.8, 4) is 17.0 Å². The molecule has 3 rings (SSSR count). The van der Waals surface area contributed by atoms with E-state index in [-0.39, 0.29) is 5.91 Å². The third kappa shape index (κ3) is 5.81. The Hall–Kier alpha value is -2.37. The highest BCUT2D eigenvalue weighted by molar-refractivity contribution is 7.14. The molecule has 0 aliphatic carbocycles. The van der Waals surface area contributed by atoms with Crippen LogP contribution in [0.4, 0.5) is 5.13 Å². The molecule has 140 valence electrons. The molecule has 0 unspecified atom stereocenters. The van der Waals surface area contributed by atoms with Crippen molar-refractivity contribution >= 4 is 34.0 Å². The summed E-state index contributed by atoms with van der Waals surface area (Å²) in [7, 11) is 0. The van der Waals surface area contributed by atoms with Crippen LogP contribution in [0.3, 0.4) is 0 Å². The number of amides is 1. The lowest BCUT2D eigenvalue weighted by Crippen LogP contribution is -2.12. The van der Waals surface area contributed by atoms with Crippen LogP contribution in [-0.4, -0.2) is 17.5 Å². The fourth-order valence-corrected chi connectivity index (χ4v) is 3.37. The minimum atomic E-state index is -0.0584. The Balaban J connectivity index is 1.44. The quantitative estimate of drug-likeness (QED) is 0.484. The summed E-state index contributed by atoms with van der Waals surface area (Å²) in [5.41, 5.74) is 3.23. The average Bonchev–Trinajstić information content (AvgIpc) is 3.15. The van der Waals surface area contributed by atoms with Gasteiger partial charge >= 0.3 is 0 Å². The van der Waals surface area contributed by atoms with E-state index in [4.69, 9.17) is 16.3 Å². The maximum absolute atomic E-state index is 12.1. The smallest absolute Gasteiger partial charge is 0.226 e. The van der Waals surface area contributed by atoms with E-state index < -0.39 is 0 Å². The predicted octanol–water partition coefficient (Wildman–Crippen LogP) is 5.82. The van der Waals surface area contributed by atoms with E-state index >= 15 is 0 Å². The van der Waals surface area contributed by atoms with E-state index in [0.717, 1.165) is 23.4 Å². The lowest BCUT2D eigenvalue weighted by Gasteiger charge is -2.06. The average molecular weight is 401 g/mol. The van der Waals surface area contributed by atoms with Crippen molar-refractivity contribution < 1.29 is 9.53 Å². The molecule has 1 N–H and O–H groups in total. The molecule has 0 fully saturated rings. The molecule has 4 nitrogen and oxygen atoms in total. The number of carbonyl (C=O) groups is 1. The Labute approximate surface area is 168 Å². The highest BCUT2D eigenvalue weighted by Crippen LogP contribution is 2.25. The fraction of sp³-hybridized carbons (Fsp3) is 0.238. The zero-order valence-corrected chi connectivity index (χ0v) is 16.6. The van der Waals surface area contributed by atoms with Gasteiger partial charge in [-0.05, 0) is 42.7 Å². The van der Waals surface area contributed by atoms with Crippen LogP contribution >= 0.6 is 22.9 Å². The standard InChI is InChI=1S/C21H21ClN2O2S/c1-2-15-5-7-16(8-6-15)19-14-27-21(23-19)24-20(25)4-3-13-26-18-11-9-17(22)10-12-18/h5-12,14H,2-4,13H2,1H3,(H,23,24,25). The molecule has 1 amide bonds. The minimum Gasteiger partial charge on any atom is -0.494 e. The first-order chi connectivity index (χ1) is 13.1. The summed E-state index contributed by atoms with van der Waals surface area (Å²) in [6.07, 6.45) is 2.03. The van der Waals surface area contributed by atoms with Crippen LogP contribution in [0.25, 0.3) is 11.3 Å². The van der Waals surface area contributed by atoms with Gasteiger partial charge < -0.3 is 10.1 Å². The molecule has 0 saturated carbocycles. The number of nitrogens with zero attached hydrogens (tertiary/aromatic N) is 1.